The molecule has 0 spiro atoms. The van der Waals surface area contributed by atoms with Crippen molar-refractivity contribution >= 4 is 21.8 Å². The van der Waals surface area contributed by atoms with Crippen molar-refractivity contribution in [3.63, 3.8) is 0 Å². The van der Waals surface area contributed by atoms with Crippen LogP contribution in [0.4, 0.5) is 0 Å². The van der Waals surface area contributed by atoms with Crippen LogP contribution >= 0.6 is 15.9 Å². The van der Waals surface area contributed by atoms with E-state index in [1.807, 2.05) is 0 Å². The normalized spacial score (nSPS) is 30.5. The number of rotatable bonds is 4. The SMILES string of the molecule is CC1CCCC1C(=O)N(CCBr)C1CC1. The highest BCUT2D eigenvalue weighted by Gasteiger charge is 2.38. The predicted molar refractivity (Wildman–Crippen MR) is 65.0 cm³/mol. The van der Waals surface area contributed by atoms with Gasteiger partial charge in [-0.2, -0.15) is 0 Å². The molecule has 0 aliphatic heterocycles. The molecule has 0 N–H and O–H groups in total. The van der Waals surface area contributed by atoms with Crippen molar-refractivity contribution in [2.24, 2.45) is 11.8 Å². The van der Waals surface area contributed by atoms with Crippen LogP contribution < -0.4 is 0 Å². The molecule has 0 heterocycles. The zero-order valence-electron chi connectivity index (χ0n) is 9.42. The summed E-state index contributed by atoms with van der Waals surface area (Å²) in [6, 6.07) is 0.572. The van der Waals surface area contributed by atoms with Crippen LogP contribution in [0.25, 0.3) is 0 Å². The molecule has 2 fully saturated rings. The van der Waals surface area contributed by atoms with Gasteiger partial charge in [0.1, 0.15) is 0 Å². The van der Waals surface area contributed by atoms with E-state index in [-0.39, 0.29) is 0 Å². The maximum Gasteiger partial charge on any atom is 0.226 e. The van der Waals surface area contributed by atoms with Gasteiger partial charge in [-0.1, -0.05) is 29.3 Å². The molecule has 2 saturated carbocycles. The number of hydrogen-bond acceptors (Lipinski definition) is 1. The molecule has 2 rings (SSSR count). The van der Waals surface area contributed by atoms with Gasteiger partial charge in [0, 0.05) is 23.8 Å². The van der Waals surface area contributed by atoms with Crippen molar-refractivity contribution < 1.29 is 4.79 Å². The molecule has 2 unspecified atom stereocenters. The monoisotopic (exact) mass is 273 g/mol. The lowest BCUT2D eigenvalue weighted by Gasteiger charge is -2.26. The quantitative estimate of drug-likeness (QED) is 0.722. The molecule has 2 atom stereocenters. The molecule has 1 amide bonds. The standard InChI is InChI=1S/C12H20BrNO/c1-9-3-2-4-11(9)12(15)14(8-7-13)10-5-6-10/h9-11H,2-8H2,1H3. The largest absolute Gasteiger partial charge is 0.339 e. The van der Waals surface area contributed by atoms with E-state index in [1.165, 1.54) is 25.7 Å². The fourth-order valence-electron chi connectivity index (χ4n) is 2.68. The average Bonchev–Trinajstić information content (AvgIpc) is 2.97. The Morgan fingerprint density at radius 3 is 2.53 bits per heavy atom. The van der Waals surface area contributed by atoms with Crippen LogP contribution in [0, 0.1) is 11.8 Å². The first-order valence-electron chi connectivity index (χ1n) is 6.10. The van der Waals surface area contributed by atoms with Crippen molar-refractivity contribution in [3.8, 4) is 0 Å². The fraction of sp³-hybridized carbons (Fsp3) is 0.917. The van der Waals surface area contributed by atoms with E-state index in [0.29, 0.717) is 23.8 Å². The van der Waals surface area contributed by atoms with Gasteiger partial charge in [-0.3, -0.25) is 4.79 Å². The molecule has 2 aliphatic rings. The van der Waals surface area contributed by atoms with Gasteiger partial charge >= 0.3 is 0 Å². The summed E-state index contributed by atoms with van der Waals surface area (Å²) in [5.74, 6) is 1.36. The minimum absolute atomic E-state index is 0.324. The van der Waals surface area contributed by atoms with E-state index in [9.17, 15) is 4.79 Å². The minimum atomic E-state index is 0.324. The summed E-state index contributed by atoms with van der Waals surface area (Å²) < 4.78 is 0. The number of nitrogens with zero attached hydrogens (tertiary/aromatic N) is 1. The van der Waals surface area contributed by atoms with E-state index in [0.717, 1.165) is 18.3 Å². The molecule has 0 saturated heterocycles. The summed E-state index contributed by atoms with van der Waals surface area (Å²) in [6.07, 6.45) is 6.04. The lowest BCUT2D eigenvalue weighted by Crippen LogP contribution is -2.39. The van der Waals surface area contributed by atoms with E-state index in [4.69, 9.17) is 0 Å². The number of hydrogen-bond donors (Lipinski definition) is 0. The molecule has 0 aromatic rings. The van der Waals surface area contributed by atoms with Gasteiger partial charge < -0.3 is 4.90 Å². The maximum atomic E-state index is 12.3. The van der Waals surface area contributed by atoms with Crippen LogP contribution in [0.3, 0.4) is 0 Å². The number of alkyl halides is 1. The first-order valence-corrected chi connectivity index (χ1v) is 7.22. The van der Waals surface area contributed by atoms with Crippen LogP contribution in [0.15, 0.2) is 0 Å². The van der Waals surface area contributed by atoms with E-state index in [1.54, 1.807) is 0 Å². The van der Waals surface area contributed by atoms with Gasteiger partial charge in [0.2, 0.25) is 5.91 Å². The smallest absolute Gasteiger partial charge is 0.226 e. The van der Waals surface area contributed by atoms with Gasteiger partial charge in [0.05, 0.1) is 0 Å². The van der Waals surface area contributed by atoms with Crippen LogP contribution in [-0.4, -0.2) is 28.7 Å². The summed E-state index contributed by atoms with van der Waals surface area (Å²) in [4.78, 5) is 14.5. The van der Waals surface area contributed by atoms with Gasteiger partial charge in [0.15, 0.2) is 0 Å². The average molecular weight is 274 g/mol. The summed E-state index contributed by atoms with van der Waals surface area (Å²) in [7, 11) is 0. The highest BCUT2D eigenvalue weighted by atomic mass is 79.9. The Morgan fingerprint density at radius 1 is 1.33 bits per heavy atom. The second-order valence-corrected chi connectivity index (χ2v) is 5.76. The van der Waals surface area contributed by atoms with E-state index < -0.39 is 0 Å². The van der Waals surface area contributed by atoms with E-state index in [2.05, 4.69) is 27.8 Å². The van der Waals surface area contributed by atoms with Crippen LogP contribution in [0.5, 0.6) is 0 Å². The molecular weight excluding hydrogens is 254 g/mol. The van der Waals surface area contributed by atoms with Gasteiger partial charge in [-0.05, 0) is 31.6 Å². The van der Waals surface area contributed by atoms with E-state index >= 15 is 0 Å². The first-order chi connectivity index (χ1) is 7.24. The Morgan fingerprint density at radius 2 is 2.07 bits per heavy atom. The third kappa shape index (κ3) is 2.55. The lowest BCUT2D eigenvalue weighted by atomic mass is 9.96. The molecule has 86 valence electrons. The molecule has 0 bridgehead atoms. The molecule has 0 radical (unpaired) electrons. The summed E-state index contributed by atoms with van der Waals surface area (Å²) in [5.41, 5.74) is 0. The Bertz CT molecular complexity index is 240. The Labute approximate surface area is 101 Å². The Balaban J connectivity index is 1.96. The molecular formula is C12H20BrNO. The number of amides is 1. The molecule has 3 heteroatoms. The molecule has 0 aromatic carbocycles. The van der Waals surface area contributed by atoms with Crippen LogP contribution in [0.2, 0.25) is 0 Å². The lowest BCUT2D eigenvalue weighted by molar-refractivity contribution is -0.136. The summed E-state index contributed by atoms with van der Waals surface area (Å²) in [6.45, 7) is 3.13. The highest BCUT2D eigenvalue weighted by Crippen LogP contribution is 2.36. The van der Waals surface area contributed by atoms with Crippen molar-refractivity contribution in [3.05, 3.63) is 0 Å². The minimum Gasteiger partial charge on any atom is -0.339 e. The molecule has 2 nitrogen and oxygen atoms in total. The highest BCUT2D eigenvalue weighted by molar-refractivity contribution is 9.09. The van der Waals surface area contributed by atoms with Crippen LogP contribution in [-0.2, 0) is 4.79 Å². The zero-order chi connectivity index (χ0) is 10.8. The zero-order valence-corrected chi connectivity index (χ0v) is 11.0. The Hall–Kier alpha value is -0.0500. The molecule has 2 aliphatic carbocycles. The van der Waals surface area contributed by atoms with Gasteiger partial charge in [0.25, 0.3) is 0 Å². The summed E-state index contributed by atoms with van der Waals surface area (Å²) in [5, 5.41) is 0.913. The van der Waals surface area contributed by atoms with Gasteiger partial charge in [-0.15, -0.1) is 0 Å². The Kier molecular flexibility index (Phi) is 3.70. The van der Waals surface area contributed by atoms with Crippen molar-refractivity contribution in [1.82, 2.24) is 4.90 Å². The van der Waals surface area contributed by atoms with Gasteiger partial charge in [-0.25, -0.2) is 0 Å². The number of carbonyl (C=O) groups excluding carboxylic acids is 1. The molecule has 0 aromatic heterocycles. The third-order valence-corrected chi connectivity index (χ3v) is 4.13. The van der Waals surface area contributed by atoms with Crippen molar-refractivity contribution in [1.29, 1.82) is 0 Å². The topological polar surface area (TPSA) is 20.3 Å². The fourth-order valence-corrected chi connectivity index (χ4v) is 3.06. The summed E-state index contributed by atoms with van der Waals surface area (Å²) >= 11 is 3.44. The number of carbonyl (C=O) groups is 1. The maximum absolute atomic E-state index is 12.3. The second kappa shape index (κ2) is 4.86. The van der Waals surface area contributed by atoms with Crippen molar-refractivity contribution in [2.45, 2.75) is 45.1 Å². The predicted octanol–water partition coefficient (Wildman–Crippen LogP) is 2.81. The van der Waals surface area contributed by atoms with Crippen molar-refractivity contribution in [2.75, 3.05) is 11.9 Å². The molecule has 15 heavy (non-hydrogen) atoms. The second-order valence-electron chi connectivity index (χ2n) is 4.97. The number of halogens is 1. The van der Waals surface area contributed by atoms with Crippen LogP contribution in [0.1, 0.15) is 39.0 Å². The third-order valence-electron chi connectivity index (χ3n) is 3.77. The first kappa shape index (κ1) is 11.4.